The number of carbonyl (C=O) groups is 2. The van der Waals surface area contributed by atoms with Gasteiger partial charge in [0.05, 0.1) is 16.0 Å². The van der Waals surface area contributed by atoms with Gasteiger partial charge in [-0.3, -0.25) is 14.5 Å². The summed E-state index contributed by atoms with van der Waals surface area (Å²) < 4.78 is 0. The minimum absolute atomic E-state index is 0.0906. The number of nitrogens with zero attached hydrogens (tertiary/aromatic N) is 1. The molecule has 39 heavy (non-hydrogen) atoms. The van der Waals surface area contributed by atoms with Crippen LogP contribution in [-0.4, -0.2) is 23.3 Å². The Kier molecular flexibility index (Phi) is 8.72. The average molecular weight is 584 g/mol. The van der Waals surface area contributed by atoms with Crippen molar-refractivity contribution in [3.05, 3.63) is 44.1 Å². The van der Waals surface area contributed by atoms with Gasteiger partial charge >= 0.3 is 0 Å². The zero-order valence-electron chi connectivity index (χ0n) is 25.5. The number of imide groups is 1. The largest absolute Gasteiger partial charge is 0.274 e. The molecule has 0 spiro atoms. The van der Waals surface area contributed by atoms with Gasteiger partial charge in [-0.15, -0.1) is 34.0 Å². The van der Waals surface area contributed by atoms with Crippen LogP contribution in [-0.2, 0) is 10.8 Å². The average Bonchev–Trinajstić information content (AvgIpc) is 3.61. The quantitative estimate of drug-likeness (QED) is 0.223. The van der Waals surface area contributed by atoms with E-state index in [1.807, 2.05) is 11.3 Å². The third-order valence-corrected chi connectivity index (χ3v) is 13.1. The fourth-order valence-electron chi connectivity index (χ4n) is 5.50. The molecule has 0 aliphatic carbocycles. The van der Waals surface area contributed by atoms with Gasteiger partial charge in [-0.25, -0.2) is 0 Å². The highest BCUT2D eigenvalue weighted by molar-refractivity contribution is 7.27. The summed E-state index contributed by atoms with van der Waals surface area (Å²) in [5.74, 6) is 0.165. The first-order valence-electron chi connectivity index (χ1n) is 14.5. The molecule has 4 heterocycles. The highest BCUT2D eigenvalue weighted by atomic mass is 32.1. The summed E-state index contributed by atoms with van der Waals surface area (Å²) in [4.78, 5) is 36.5. The van der Waals surface area contributed by atoms with E-state index in [1.54, 1.807) is 27.6 Å². The first-order chi connectivity index (χ1) is 18.2. The van der Waals surface area contributed by atoms with Crippen molar-refractivity contribution in [3.8, 4) is 19.5 Å². The molecule has 6 heteroatoms. The minimum atomic E-state index is -0.217. The molecule has 0 saturated heterocycles. The Morgan fingerprint density at radius 2 is 1.41 bits per heavy atom. The number of fused-ring (bicyclic) bond motifs is 1. The third-order valence-electron chi connectivity index (χ3n) is 8.27. The van der Waals surface area contributed by atoms with Gasteiger partial charge in [0.1, 0.15) is 0 Å². The molecular formula is C33H45NO2S3. The Labute approximate surface area is 247 Å². The molecule has 2 amide bonds. The van der Waals surface area contributed by atoms with Gasteiger partial charge in [0.2, 0.25) is 0 Å². The zero-order chi connectivity index (χ0) is 28.9. The van der Waals surface area contributed by atoms with Crippen LogP contribution in [0.5, 0.6) is 0 Å². The lowest BCUT2D eigenvalue weighted by Gasteiger charge is -2.23. The van der Waals surface area contributed by atoms with Gasteiger partial charge in [-0.05, 0) is 66.7 Å². The third kappa shape index (κ3) is 5.58. The van der Waals surface area contributed by atoms with E-state index in [-0.39, 0.29) is 22.6 Å². The van der Waals surface area contributed by atoms with Gasteiger partial charge in [0.15, 0.2) is 0 Å². The first-order valence-corrected chi connectivity index (χ1v) is 17.0. The molecule has 0 aromatic carbocycles. The molecule has 3 aromatic rings. The predicted molar refractivity (Wildman–Crippen MR) is 171 cm³/mol. The molecule has 4 rings (SSSR count). The minimum Gasteiger partial charge on any atom is -0.274 e. The van der Waals surface area contributed by atoms with Gasteiger partial charge in [-0.2, -0.15) is 0 Å². The van der Waals surface area contributed by atoms with Crippen molar-refractivity contribution in [2.24, 2.45) is 5.92 Å². The summed E-state index contributed by atoms with van der Waals surface area (Å²) in [5.41, 5.74) is 3.77. The molecule has 0 N–H and O–H groups in total. The molecule has 0 radical (unpaired) electrons. The first kappa shape index (κ1) is 30.2. The van der Waals surface area contributed by atoms with E-state index >= 15 is 0 Å². The lowest BCUT2D eigenvalue weighted by atomic mass is 9.87. The van der Waals surface area contributed by atoms with Gasteiger partial charge < -0.3 is 0 Å². The monoisotopic (exact) mass is 583 g/mol. The maximum absolute atomic E-state index is 14.0. The van der Waals surface area contributed by atoms with Crippen molar-refractivity contribution in [2.45, 2.75) is 112 Å². The Balaban J connectivity index is 1.79. The Morgan fingerprint density at radius 3 is 2.00 bits per heavy atom. The Morgan fingerprint density at radius 1 is 0.795 bits per heavy atom. The summed E-state index contributed by atoms with van der Waals surface area (Å²) >= 11 is 5.32. The number of hydrogen-bond donors (Lipinski definition) is 0. The Hall–Kier alpha value is -1.76. The fraction of sp³-hybridized carbons (Fsp3) is 0.576. The second-order valence-corrected chi connectivity index (χ2v) is 16.0. The number of amides is 2. The van der Waals surface area contributed by atoms with Crippen molar-refractivity contribution in [2.75, 3.05) is 6.54 Å². The van der Waals surface area contributed by atoms with Gasteiger partial charge in [0.25, 0.3) is 11.8 Å². The van der Waals surface area contributed by atoms with Crippen molar-refractivity contribution in [1.82, 2.24) is 4.90 Å². The van der Waals surface area contributed by atoms with Crippen LogP contribution in [0.3, 0.4) is 0 Å². The van der Waals surface area contributed by atoms with E-state index in [1.165, 1.54) is 25.8 Å². The van der Waals surface area contributed by atoms with Crippen LogP contribution in [0.1, 0.15) is 129 Å². The van der Waals surface area contributed by atoms with Crippen LogP contribution in [0.2, 0.25) is 0 Å². The molecule has 1 aliphatic heterocycles. The molecular weight excluding hydrogens is 539 g/mol. The molecule has 1 unspecified atom stereocenters. The van der Waals surface area contributed by atoms with Crippen molar-refractivity contribution in [3.63, 3.8) is 0 Å². The maximum atomic E-state index is 14.0. The molecule has 3 aromatic heterocycles. The maximum Gasteiger partial charge on any atom is 0.263 e. The highest BCUT2D eigenvalue weighted by Crippen LogP contribution is 2.51. The topological polar surface area (TPSA) is 37.4 Å². The Bertz CT molecular complexity index is 1380. The van der Waals surface area contributed by atoms with Crippen LogP contribution in [0.25, 0.3) is 19.5 Å². The number of carbonyl (C=O) groups excluding carboxylic acids is 2. The van der Waals surface area contributed by atoms with Crippen LogP contribution < -0.4 is 0 Å². The molecule has 1 aliphatic rings. The van der Waals surface area contributed by atoms with Gasteiger partial charge in [0, 0.05) is 30.9 Å². The second-order valence-electron chi connectivity index (χ2n) is 12.9. The van der Waals surface area contributed by atoms with Crippen LogP contribution in [0.15, 0.2) is 12.1 Å². The predicted octanol–water partition coefficient (Wildman–Crippen LogP) is 10.6. The smallest absolute Gasteiger partial charge is 0.263 e. The summed E-state index contributed by atoms with van der Waals surface area (Å²) in [6.45, 7) is 22.6. The summed E-state index contributed by atoms with van der Waals surface area (Å²) in [7, 11) is 0. The van der Waals surface area contributed by atoms with Crippen molar-refractivity contribution >= 4 is 45.8 Å². The molecule has 3 nitrogen and oxygen atoms in total. The summed E-state index contributed by atoms with van der Waals surface area (Å²) in [6, 6.07) is 4.59. The van der Waals surface area contributed by atoms with E-state index in [4.69, 9.17) is 0 Å². The number of hydrogen-bond acceptors (Lipinski definition) is 5. The lowest BCUT2D eigenvalue weighted by Crippen LogP contribution is -2.35. The SMILES string of the molecule is CCCCC(CC)CN1C(=O)c2c(-c3sc(-c4cc(C)c(C(C)(C)CC)s4)cc3C)sc(C(C)(C)C)c2C1=O. The molecule has 1 atom stereocenters. The molecule has 0 fully saturated rings. The van der Waals surface area contributed by atoms with E-state index in [0.717, 1.165) is 46.7 Å². The van der Waals surface area contributed by atoms with Gasteiger partial charge in [-0.1, -0.05) is 74.7 Å². The lowest BCUT2D eigenvalue weighted by molar-refractivity contribution is 0.0623. The molecule has 0 bridgehead atoms. The van der Waals surface area contributed by atoms with E-state index in [9.17, 15) is 9.59 Å². The molecule has 212 valence electrons. The summed E-state index contributed by atoms with van der Waals surface area (Å²) in [6.07, 6.45) is 5.40. The number of aryl methyl sites for hydroxylation is 2. The second kappa shape index (κ2) is 11.3. The van der Waals surface area contributed by atoms with Crippen LogP contribution >= 0.6 is 34.0 Å². The zero-order valence-corrected chi connectivity index (χ0v) is 27.9. The molecule has 0 saturated carbocycles. The fourth-order valence-corrected chi connectivity index (χ4v) is 9.63. The standard InChI is InChI=1S/C33H45NO2S3/c1-11-14-15-21(12-2)18-34-30(35)24-25(31(34)36)29(32(6,7)8)39-27(24)26-19(4)16-22(37-26)23-17-20(5)28(38-23)33(9,10)13-3/h16-17,21H,11-15,18H2,1-10H3. The number of thiophene rings is 3. The van der Waals surface area contributed by atoms with Crippen LogP contribution in [0, 0.1) is 19.8 Å². The van der Waals surface area contributed by atoms with Crippen molar-refractivity contribution < 1.29 is 9.59 Å². The summed E-state index contributed by atoms with van der Waals surface area (Å²) in [5, 5.41) is 0. The van der Waals surface area contributed by atoms with E-state index < -0.39 is 0 Å². The number of rotatable bonds is 10. The normalized spacial score (nSPS) is 15.0. The van der Waals surface area contributed by atoms with E-state index in [0.29, 0.717) is 23.6 Å². The van der Waals surface area contributed by atoms with Crippen LogP contribution in [0.4, 0.5) is 0 Å². The van der Waals surface area contributed by atoms with Crippen molar-refractivity contribution in [1.29, 1.82) is 0 Å². The highest BCUT2D eigenvalue weighted by Gasteiger charge is 2.44. The van der Waals surface area contributed by atoms with E-state index in [2.05, 4.69) is 81.4 Å². The number of unbranched alkanes of at least 4 members (excludes halogenated alkanes) is 1.